The van der Waals surface area contributed by atoms with Gasteiger partial charge in [-0.2, -0.15) is 0 Å². The predicted octanol–water partition coefficient (Wildman–Crippen LogP) is 3.49. The molecule has 0 amide bonds. The van der Waals surface area contributed by atoms with Gasteiger partial charge in [0.15, 0.2) is 0 Å². The largest absolute Gasteiger partial charge is 0.508 e. The molecular formula is C15H20O2. The first kappa shape index (κ1) is 12.2. The summed E-state index contributed by atoms with van der Waals surface area (Å²) in [7, 11) is 0. The van der Waals surface area contributed by atoms with Crippen LogP contribution in [0.3, 0.4) is 0 Å². The van der Waals surface area contributed by atoms with Crippen molar-refractivity contribution in [3.63, 3.8) is 0 Å². The second kappa shape index (κ2) is 4.92. The van der Waals surface area contributed by atoms with E-state index in [0.717, 1.165) is 30.4 Å². The van der Waals surface area contributed by atoms with Crippen molar-refractivity contribution < 1.29 is 10.2 Å². The van der Waals surface area contributed by atoms with Crippen LogP contribution in [0.25, 0.3) is 0 Å². The maximum Gasteiger partial charge on any atom is 0.115 e. The second-order valence-corrected chi connectivity index (χ2v) is 4.95. The zero-order chi connectivity index (χ0) is 12.3. The second-order valence-electron chi connectivity index (χ2n) is 4.95. The molecule has 0 saturated carbocycles. The van der Waals surface area contributed by atoms with Gasteiger partial charge in [0.1, 0.15) is 11.4 Å². The van der Waals surface area contributed by atoms with Crippen molar-refractivity contribution in [2.24, 2.45) is 0 Å². The molecule has 2 rings (SSSR count). The van der Waals surface area contributed by atoms with Gasteiger partial charge in [0.2, 0.25) is 0 Å². The highest BCUT2D eigenvalue weighted by Gasteiger charge is 2.27. The summed E-state index contributed by atoms with van der Waals surface area (Å²) >= 11 is 0. The van der Waals surface area contributed by atoms with E-state index in [9.17, 15) is 10.2 Å². The number of phenols is 1. The molecular weight excluding hydrogens is 212 g/mol. The minimum atomic E-state index is -0.905. The average Bonchev–Trinajstić information content (AvgIpc) is 2.58. The Bertz CT molecular complexity index is 401. The molecule has 0 bridgehead atoms. The molecule has 0 heterocycles. The van der Waals surface area contributed by atoms with Crippen molar-refractivity contribution in [3.8, 4) is 5.75 Å². The van der Waals surface area contributed by atoms with Gasteiger partial charge in [0.25, 0.3) is 0 Å². The molecule has 0 aliphatic heterocycles. The minimum absolute atomic E-state index is 0.236. The van der Waals surface area contributed by atoms with E-state index in [0.29, 0.717) is 0 Å². The first-order chi connectivity index (χ1) is 8.10. The lowest BCUT2D eigenvalue weighted by atomic mass is 9.85. The van der Waals surface area contributed by atoms with Gasteiger partial charge in [0.05, 0.1) is 0 Å². The lowest BCUT2D eigenvalue weighted by Crippen LogP contribution is -2.24. The fourth-order valence-electron chi connectivity index (χ4n) is 2.43. The van der Waals surface area contributed by atoms with E-state index < -0.39 is 5.60 Å². The van der Waals surface area contributed by atoms with Crippen molar-refractivity contribution in [3.05, 3.63) is 41.5 Å². The molecule has 0 fully saturated rings. The van der Waals surface area contributed by atoms with Gasteiger partial charge >= 0.3 is 0 Å². The molecule has 92 valence electrons. The summed E-state index contributed by atoms with van der Waals surface area (Å²) in [5.41, 5.74) is 1.06. The fraction of sp³-hybridized carbons (Fsp3) is 0.467. The molecule has 2 heteroatoms. The highest BCUT2D eigenvalue weighted by atomic mass is 16.3. The van der Waals surface area contributed by atoms with Crippen molar-refractivity contribution in [2.75, 3.05) is 0 Å². The van der Waals surface area contributed by atoms with Crippen LogP contribution in [-0.4, -0.2) is 10.2 Å². The summed E-state index contributed by atoms with van der Waals surface area (Å²) in [6, 6.07) is 6.84. The molecule has 0 saturated heterocycles. The molecule has 1 unspecified atom stereocenters. The van der Waals surface area contributed by atoms with Crippen LogP contribution in [0, 0.1) is 0 Å². The normalized spacial score (nSPS) is 20.2. The molecule has 0 aromatic heterocycles. The number of aromatic hydroxyl groups is 1. The van der Waals surface area contributed by atoms with E-state index in [1.165, 1.54) is 12.8 Å². The third kappa shape index (κ3) is 2.70. The minimum Gasteiger partial charge on any atom is -0.508 e. The molecule has 0 spiro atoms. The summed E-state index contributed by atoms with van der Waals surface area (Å²) in [6.45, 7) is 1.84. The lowest BCUT2D eigenvalue weighted by Gasteiger charge is -2.27. The van der Waals surface area contributed by atoms with Crippen LogP contribution in [0.4, 0.5) is 0 Å². The van der Waals surface area contributed by atoms with Gasteiger partial charge in [-0.05, 0) is 55.9 Å². The van der Waals surface area contributed by atoms with E-state index in [4.69, 9.17) is 0 Å². The summed E-state index contributed by atoms with van der Waals surface area (Å²) < 4.78 is 0. The zero-order valence-electron chi connectivity index (χ0n) is 10.3. The van der Waals surface area contributed by atoms with Crippen molar-refractivity contribution >= 4 is 0 Å². The number of hydrogen-bond donors (Lipinski definition) is 2. The number of benzene rings is 1. The zero-order valence-corrected chi connectivity index (χ0v) is 10.3. The maximum absolute atomic E-state index is 10.7. The first-order valence-corrected chi connectivity index (χ1v) is 6.32. The lowest BCUT2D eigenvalue weighted by molar-refractivity contribution is 0.0931. The molecule has 1 atom stereocenters. The molecule has 1 aliphatic rings. The molecule has 2 nitrogen and oxygen atoms in total. The highest BCUT2D eigenvalue weighted by molar-refractivity contribution is 5.35. The van der Waals surface area contributed by atoms with Crippen LogP contribution >= 0.6 is 0 Å². The SMILES string of the molecule is CC(O)(C1=CCCCCC1)c1ccc(O)cc1. The van der Waals surface area contributed by atoms with Crippen molar-refractivity contribution in [1.82, 2.24) is 0 Å². The van der Waals surface area contributed by atoms with E-state index >= 15 is 0 Å². The number of allylic oxidation sites excluding steroid dienone is 1. The quantitative estimate of drug-likeness (QED) is 0.766. The Morgan fingerprint density at radius 1 is 1.06 bits per heavy atom. The molecule has 1 aromatic rings. The molecule has 0 radical (unpaired) electrons. The Labute approximate surface area is 103 Å². The summed E-state index contributed by atoms with van der Waals surface area (Å²) in [6.07, 6.45) is 7.82. The summed E-state index contributed by atoms with van der Waals surface area (Å²) in [4.78, 5) is 0. The Kier molecular flexibility index (Phi) is 3.53. The van der Waals surface area contributed by atoms with Gasteiger partial charge in [-0.25, -0.2) is 0 Å². The standard InChI is InChI=1S/C15H20O2/c1-15(17,12-6-4-2-3-5-7-12)13-8-10-14(16)11-9-13/h6,8-11,16-17H,2-5,7H2,1H3. The third-order valence-corrected chi connectivity index (χ3v) is 3.60. The molecule has 1 aliphatic carbocycles. The van der Waals surface area contributed by atoms with Crippen LogP contribution in [0.15, 0.2) is 35.9 Å². The maximum atomic E-state index is 10.7. The van der Waals surface area contributed by atoms with Crippen LogP contribution in [-0.2, 0) is 5.60 Å². The first-order valence-electron chi connectivity index (χ1n) is 6.32. The fourth-order valence-corrected chi connectivity index (χ4v) is 2.43. The Morgan fingerprint density at radius 2 is 1.76 bits per heavy atom. The summed E-state index contributed by atoms with van der Waals surface area (Å²) in [5.74, 6) is 0.236. The van der Waals surface area contributed by atoms with Crippen LogP contribution in [0.5, 0.6) is 5.75 Å². The average molecular weight is 232 g/mol. The van der Waals surface area contributed by atoms with Gasteiger partial charge in [-0.1, -0.05) is 24.6 Å². The highest BCUT2D eigenvalue weighted by Crippen LogP contribution is 2.35. The van der Waals surface area contributed by atoms with Crippen molar-refractivity contribution in [1.29, 1.82) is 0 Å². The van der Waals surface area contributed by atoms with Crippen LogP contribution in [0.1, 0.15) is 44.6 Å². The van der Waals surface area contributed by atoms with Gasteiger partial charge in [0, 0.05) is 0 Å². The van der Waals surface area contributed by atoms with Crippen molar-refractivity contribution in [2.45, 2.75) is 44.6 Å². The summed E-state index contributed by atoms with van der Waals surface area (Å²) in [5, 5.41) is 20.0. The van der Waals surface area contributed by atoms with Gasteiger partial charge in [-0.3, -0.25) is 0 Å². The van der Waals surface area contributed by atoms with E-state index in [-0.39, 0.29) is 5.75 Å². The molecule has 2 N–H and O–H groups in total. The predicted molar refractivity (Wildman–Crippen MR) is 68.8 cm³/mol. The van der Waals surface area contributed by atoms with E-state index in [2.05, 4.69) is 6.08 Å². The number of phenolic OH excluding ortho intramolecular Hbond substituents is 1. The number of rotatable bonds is 2. The Hall–Kier alpha value is -1.28. The number of hydrogen-bond acceptors (Lipinski definition) is 2. The van der Waals surface area contributed by atoms with Crippen LogP contribution < -0.4 is 0 Å². The van der Waals surface area contributed by atoms with Gasteiger partial charge < -0.3 is 10.2 Å². The van der Waals surface area contributed by atoms with E-state index in [1.54, 1.807) is 24.3 Å². The van der Waals surface area contributed by atoms with Gasteiger partial charge in [-0.15, -0.1) is 0 Å². The van der Waals surface area contributed by atoms with Crippen LogP contribution in [0.2, 0.25) is 0 Å². The topological polar surface area (TPSA) is 40.5 Å². The monoisotopic (exact) mass is 232 g/mol. The Morgan fingerprint density at radius 3 is 2.47 bits per heavy atom. The molecule has 17 heavy (non-hydrogen) atoms. The number of aliphatic hydroxyl groups is 1. The van der Waals surface area contributed by atoms with E-state index in [1.807, 2.05) is 6.92 Å². The Balaban J connectivity index is 2.27. The molecule has 1 aromatic carbocycles. The smallest absolute Gasteiger partial charge is 0.115 e. The third-order valence-electron chi connectivity index (χ3n) is 3.60.